The molecule has 7 nitrogen and oxygen atoms in total. The molecule has 33 heavy (non-hydrogen) atoms. The number of benzene rings is 3. The number of nitrogens with zero attached hydrogens (tertiary/aromatic N) is 1. The zero-order valence-electron chi connectivity index (χ0n) is 16.6. The first-order valence-corrected chi connectivity index (χ1v) is 11.2. The average Bonchev–Trinajstić information content (AvgIpc) is 2.79. The molecule has 1 aromatic heterocycles. The van der Waals surface area contributed by atoms with Crippen LogP contribution in [0.5, 0.6) is 0 Å². The van der Waals surface area contributed by atoms with Gasteiger partial charge >= 0.3 is 0 Å². The molecule has 0 saturated carbocycles. The van der Waals surface area contributed by atoms with Crippen molar-refractivity contribution in [3.63, 3.8) is 0 Å². The highest BCUT2D eigenvalue weighted by Gasteiger charge is 2.17. The maximum absolute atomic E-state index is 13.5. The summed E-state index contributed by atoms with van der Waals surface area (Å²) in [5.41, 5.74) is 0.0559. The van der Waals surface area contributed by atoms with Crippen molar-refractivity contribution in [2.24, 2.45) is 5.10 Å². The zero-order valence-corrected chi connectivity index (χ0v) is 18.1. The van der Waals surface area contributed by atoms with Crippen molar-refractivity contribution in [1.82, 2.24) is 4.83 Å². The Morgan fingerprint density at radius 3 is 2.52 bits per heavy atom. The molecule has 0 unspecified atom stereocenters. The van der Waals surface area contributed by atoms with Crippen LogP contribution < -0.4 is 15.7 Å². The van der Waals surface area contributed by atoms with Crippen molar-refractivity contribution < 1.29 is 26.4 Å². The first-order chi connectivity index (χ1) is 15.7. The Morgan fingerprint density at radius 2 is 1.76 bits per heavy atom. The minimum Gasteiger partial charge on any atom is -0.436 e. The number of carbonyl (C=O) groups is 1. The molecular weight excluding hydrogens is 476 g/mol. The number of amides is 1. The van der Waals surface area contributed by atoms with Crippen LogP contribution >= 0.6 is 11.6 Å². The number of anilines is 1. The SMILES string of the molecule is O=C(Nc1cccc(F)c1)c1cc2ccccc2oc1=NNS(=O)(=O)c1ccc(F)c(Cl)c1. The maximum Gasteiger partial charge on any atom is 0.276 e. The molecule has 0 fully saturated rings. The summed E-state index contributed by atoms with van der Waals surface area (Å²) in [4.78, 5) is 14.5. The Hall–Kier alpha value is -3.76. The molecule has 1 heterocycles. The van der Waals surface area contributed by atoms with Gasteiger partial charge in [0.15, 0.2) is 0 Å². The summed E-state index contributed by atoms with van der Waals surface area (Å²) in [6.07, 6.45) is 0. The zero-order chi connectivity index (χ0) is 23.6. The highest BCUT2D eigenvalue weighted by Crippen LogP contribution is 2.19. The van der Waals surface area contributed by atoms with Crippen LogP contribution in [-0.2, 0) is 10.0 Å². The molecule has 0 aliphatic rings. The number of para-hydroxylation sites is 1. The summed E-state index contributed by atoms with van der Waals surface area (Å²) in [6.45, 7) is 0. The average molecular weight is 490 g/mol. The first kappa shape index (κ1) is 22.4. The second kappa shape index (κ2) is 9.00. The van der Waals surface area contributed by atoms with Crippen LogP contribution in [0.3, 0.4) is 0 Å². The second-order valence-corrected chi connectivity index (χ2v) is 8.82. The summed E-state index contributed by atoms with van der Waals surface area (Å²) in [5, 5.41) is 6.44. The third-order valence-electron chi connectivity index (χ3n) is 4.45. The molecule has 0 bridgehead atoms. The molecule has 0 aliphatic carbocycles. The number of fused-ring (bicyclic) bond motifs is 1. The summed E-state index contributed by atoms with van der Waals surface area (Å²) in [7, 11) is -4.27. The Morgan fingerprint density at radius 1 is 0.970 bits per heavy atom. The second-order valence-electron chi connectivity index (χ2n) is 6.75. The Balaban J connectivity index is 1.76. The van der Waals surface area contributed by atoms with Crippen LogP contribution in [0.2, 0.25) is 5.02 Å². The van der Waals surface area contributed by atoms with E-state index in [0.717, 1.165) is 24.3 Å². The minimum atomic E-state index is -4.27. The third-order valence-corrected chi connectivity index (χ3v) is 5.95. The van der Waals surface area contributed by atoms with E-state index in [-0.39, 0.29) is 26.7 Å². The van der Waals surface area contributed by atoms with E-state index in [1.165, 1.54) is 24.3 Å². The molecule has 11 heteroatoms. The van der Waals surface area contributed by atoms with Crippen LogP contribution in [0.1, 0.15) is 10.4 Å². The molecule has 4 rings (SSSR count). The molecule has 0 atom stereocenters. The van der Waals surface area contributed by atoms with Crippen molar-refractivity contribution in [3.05, 3.63) is 101 Å². The highest BCUT2D eigenvalue weighted by molar-refractivity contribution is 7.89. The van der Waals surface area contributed by atoms with Gasteiger partial charge in [-0.15, -0.1) is 5.10 Å². The fourth-order valence-corrected chi connectivity index (χ4v) is 3.95. The fraction of sp³-hybridized carbons (Fsp3) is 0. The fourth-order valence-electron chi connectivity index (χ4n) is 2.88. The number of rotatable bonds is 5. The van der Waals surface area contributed by atoms with E-state index >= 15 is 0 Å². The van der Waals surface area contributed by atoms with Crippen LogP contribution in [0.4, 0.5) is 14.5 Å². The predicted molar refractivity (Wildman–Crippen MR) is 118 cm³/mol. The lowest BCUT2D eigenvalue weighted by molar-refractivity contribution is 0.102. The van der Waals surface area contributed by atoms with Gasteiger partial charge in [-0.2, -0.15) is 13.2 Å². The van der Waals surface area contributed by atoms with E-state index in [2.05, 4.69) is 10.4 Å². The number of hydrogen-bond acceptors (Lipinski definition) is 5. The molecule has 0 radical (unpaired) electrons. The van der Waals surface area contributed by atoms with Crippen molar-refractivity contribution in [2.45, 2.75) is 4.90 Å². The van der Waals surface area contributed by atoms with Crippen molar-refractivity contribution >= 4 is 44.2 Å². The summed E-state index contributed by atoms with van der Waals surface area (Å²) in [5.74, 6) is -2.04. The molecule has 4 aromatic rings. The molecular formula is C22H14ClF2N3O4S. The molecule has 0 saturated heterocycles. The van der Waals surface area contributed by atoms with E-state index in [1.807, 2.05) is 4.83 Å². The summed E-state index contributed by atoms with van der Waals surface area (Å²) >= 11 is 5.66. The highest BCUT2D eigenvalue weighted by atomic mass is 35.5. The van der Waals surface area contributed by atoms with Gasteiger partial charge in [0.1, 0.15) is 22.8 Å². The van der Waals surface area contributed by atoms with Crippen molar-refractivity contribution in [1.29, 1.82) is 0 Å². The van der Waals surface area contributed by atoms with Gasteiger partial charge in [0.2, 0.25) is 5.55 Å². The molecule has 1 amide bonds. The first-order valence-electron chi connectivity index (χ1n) is 9.33. The Kier molecular flexibility index (Phi) is 6.12. The van der Waals surface area contributed by atoms with Gasteiger partial charge in [0.25, 0.3) is 15.9 Å². The van der Waals surface area contributed by atoms with Gasteiger partial charge in [-0.3, -0.25) is 4.79 Å². The Bertz CT molecular complexity index is 1560. The minimum absolute atomic E-state index is 0.113. The number of carbonyl (C=O) groups excluding carboxylic acids is 1. The van der Waals surface area contributed by atoms with E-state index < -0.39 is 27.6 Å². The van der Waals surface area contributed by atoms with E-state index in [4.69, 9.17) is 16.0 Å². The molecule has 0 aliphatic heterocycles. The predicted octanol–water partition coefficient (Wildman–Crippen LogP) is 4.41. The van der Waals surface area contributed by atoms with Crippen molar-refractivity contribution in [3.8, 4) is 0 Å². The van der Waals surface area contributed by atoms with Gasteiger partial charge in [-0.1, -0.05) is 35.9 Å². The maximum atomic E-state index is 13.5. The van der Waals surface area contributed by atoms with E-state index in [1.54, 1.807) is 24.3 Å². The number of sulfonamides is 1. The standard InChI is InChI=1S/C22H14ClF2N3O4S/c23-18-12-16(8-9-19(18)25)33(30,31)28-27-22-17(10-13-4-1-2-7-20(13)32-22)21(29)26-15-6-3-5-14(24)11-15/h1-12,28H,(H,26,29). The smallest absolute Gasteiger partial charge is 0.276 e. The monoisotopic (exact) mass is 489 g/mol. The number of hydrogen-bond donors (Lipinski definition) is 2. The van der Waals surface area contributed by atoms with Crippen LogP contribution in [-0.4, -0.2) is 14.3 Å². The topological polar surface area (TPSA) is 101 Å². The van der Waals surface area contributed by atoms with Gasteiger partial charge in [-0.25, -0.2) is 8.78 Å². The van der Waals surface area contributed by atoms with Gasteiger partial charge in [0, 0.05) is 11.1 Å². The Labute approximate surface area is 191 Å². The van der Waals surface area contributed by atoms with Crippen molar-refractivity contribution in [2.75, 3.05) is 5.32 Å². The lowest BCUT2D eigenvalue weighted by atomic mass is 10.1. The largest absolute Gasteiger partial charge is 0.436 e. The lowest BCUT2D eigenvalue weighted by Gasteiger charge is -2.08. The van der Waals surface area contributed by atoms with Gasteiger partial charge in [-0.05, 0) is 48.5 Å². The van der Waals surface area contributed by atoms with Crippen LogP contribution in [0.15, 0.2) is 87.2 Å². The lowest BCUT2D eigenvalue weighted by Crippen LogP contribution is -2.27. The van der Waals surface area contributed by atoms with Crippen LogP contribution in [0.25, 0.3) is 11.0 Å². The van der Waals surface area contributed by atoms with E-state index in [9.17, 15) is 22.0 Å². The molecule has 168 valence electrons. The number of halogens is 3. The number of nitrogens with one attached hydrogen (secondary N) is 2. The third kappa shape index (κ3) is 5.02. The summed E-state index contributed by atoms with van der Waals surface area (Å²) in [6, 6.07) is 16.2. The quantitative estimate of drug-likeness (QED) is 0.405. The van der Waals surface area contributed by atoms with Crippen LogP contribution in [0, 0.1) is 11.6 Å². The van der Waals surface area contributed by atoms with Gasteiger partial charge in [0.05, 0.1) is 9.92 Å². The van der Waals surface area contributed by atoms with E-state index in [0.29, 0.717) is 11.0 Å². The molecule has 2 N–H and O–H groups in total. The molecule has 3 aromatic carbocycles. The molecule has 0 spiro atoms. The normalized spacial score (nSPS) is 12.0. The van der Waals surface area contributed by atoms with Gasteiger partial charge < -0.3 is 9.73 Å². The summed E-state index contributed by atoms with van der Waals surface area (Å²) < 4.78 is 57.6.